The van der Waals surface area contributed by atoms with Crippen LogP contribution in [-0.4, -0.2) is 21.0 Å². The minimum absolute atomic E-state index is 0.718. The molecule has 0 bridgehead atoms. The van der Waals surface area contributed by atoms with E-state index in [9.17, 15) is 0 Å². The van der Waals surface area contributed by atoms with Crippen molar-refractivity contribution in [3.05, 3.63) is 35.6 Å². The average Bonchev–Trinajstić information content (AvgIpc) is 2.96. The standard InChI is InChI=1S/C14H14N4S/c1-2-10(1)15-7-11-8-17-14(18-11)9-5-13-12(16-6-9)3-4-19-13/h3-6,8,10,15H,1-2,7H2,(H,17,18). The molecule has 0 saturated heterocycles. The van der Waals surface area contributed by atoms with E-state index < -0.39 is 0 Å². The Bertz CT molecular complexity index is 711. The van der Waals surface area contributed by atoms with Gasteiger partial charge in [-0.15, -0.1) is 11.3 Å². The minimum atomic E-state index is 0.718. The summed E-state index contributed by atoms with van der Waals surface area (Å²) in [7, 11) is 0. The molecule has 1 fully saturated rings. The van der Waals surface area contributed by atoms with E-state index >= 15 is 0 Å². The number of imidazole rings is 1. The number of fused-ring (bicyclic) bond motifs is 1. The predicted octanol–water partition coefficient (Wildman–Crippen LogP) is 2.94. The van der Waals surface area contributed by atoms with Gasteiger partial charge < -0.3 is 10.3 Å². The Labute approximate surface area is 114 Å². The highest BCUT2D eigenvalue weighted by atomic mass is 32.1. The average molecular weight is 270 g/mol. The molecule has 0 atom stereocenters. The van der Waals surface area contributed by atoms with Crippen LogP contribution < -0.4 is 5.32 Å². The van der Waals surface area contributed by atoms with Crippen LogP contribution >= 0.6 is 11.3 Å². The second-order valence-corrected chi connectivity index (χ2v) is 5.89. The van der Waals surface area contributed by atoms with E-state index in [1.54, 1.807) is 11.3 Å². The van der Waals surface area contributed by atoms with Crippen LogP contribution in [0.5, 0.6) is 0 Å². The maximum Gasteiger partial charge on any atom is 0.139 e. The number of thiophene rings is 1. The third kappa shape index (κ3) is 2.27. The van der Waals surface area contributed by atoms with Crippen molar-refractivity contribution in [1.82, 2.24) is 20.3 Å². The number of hydrogen-bond acceptors (Lipinski definition) is 4. The van der Waals surface area contributed by atoms with Crippen molar-refractivity contribution in [2.45, 2.75) is 25.4 Å². The lowest BCUT2D eigenvalue weighted by atomic mass is 10.2. The van der Waals surface area contributed by atoms with E-state index in [2.05, 4.69) is 31.7 Å². The van der Waals surface area contributed by atoms with Gasteiger partial charge in [0.1, 0.15) is 5.82 Å². The Morgan fingerprint density at radius 1 is 1.32 bits per heavy atom. The van der Waals surface area contributed by atoms with E-state index in [-0.39, 0.29) is 0 Å². The van der Waals surface area contributed by atoms with Crippen molar-refractivity contribution in [3.63, 3.8) is 0 Å². The summed E-state index contributed by atoms with van der Waals surface area (Å²) in [5, 5.41) is 5.54. The second kappa shape index (κ2) is 4.43. The van der Waals surface area contributed by atoms with Gasteiger partial charge in [0.25, 0.3) is 0 Å². The lowest BCUT2D eigenvalue weighted by Crippen LogP contribution is -2.15. The monoisotopic (exact) mass is 270 g/mol. The van der Waals surface area contributed by atoms with E-state index in [1.165, 1.54) is 17.5 Å². The van der Waals surface area contributed by atoms with E-state index in [1.807, 2.05) is 18.5 Å². The molecule has 3 aromatic rings. The number of hydrogen-bond donors (Lipinski definition) is 2. The van der Waals surface area contributed by atoms with Crippen molar-refractivity contribution in [2.75, 3.05) is 0 Å². The number of aromatic amines is 1. The Morgan fingerprint density at radius 3 is 3.16 bits per heavy atom. The number of rotatable bonds is 4. The van der Waals surface area contributed by atoms with Gasteiger partial charge in [-0.1, -0.05) is 0 Å². The fourth-order valence-corrected chi connectivity index (χ4v) is 2.89. The normalized spacial score (nSPS) is 15.2. The van der Waals surface area contributed by atoms with Gasteiger partial charge in [0, 0.05) is 36.2 Å². The van der Waals surface area contributed by atoms with Crippen molar-refractivity contribution < 1.29 is 0 Å². The van der Waals surface area contributed by atoms with Crippen molar-refractivity contribution in [2.24, 2.45) is 0 Å². The second-order valence-electron chi connectivity index (χ2n) is 4.94. The quantitative estimate of drug-likeness (QED) is 0.766. The lowest BCUT2D eigenvalue weighted by molar-refractivity contribution is 0.677. The van der Waals surface area contributed by atoms with Gasteiger partial charge in [-0.25, -0.2) is 4.98 Å². The lowest BCUT2D eigenvalue weighted by Gasteiger charge is -1.99. The van der Waals surface area contributed by atoms with E-state index in [0.29, 0.717) is 0 Å². The van der Waals surface area contributed by atoms with Crippen LogP contribution in [0.2, 0.25) is 0 Å². The van der Waals surface area contributed by atoms with Crippen LogP contribution in [0.25, 0.3) is 21.6 Å². The van der Waals surface area contributed by atoms with Crippen LogP contribution in [0.3, 0.4) is 0 Å². The molecule has 1 aliphatic rings. The summed E-state index contributed by atoms with van der Waals surface area (Å²) >= 11 is 1.71. The summed E-state index contributed by atoms with van der Waals surface area (Å²) in [6.07, 6.45) is 6.40. The Morgan fingerprint density at radius 2 is 2.26 bits per heavy atom. The molecule has 1 saturated carbocycles. The fourth-order valence-electron chi connectivity index (χ4n) is 2.11. The van der Waals surface area contributed by atoms with Gasteiger partial charge in [0.05, 0.1) is 10.2 Å². The molecule has 1 aliphatic carbocycles. The molecule has 0 radical (unpaired) electrons. The number of pyridine rings is 1. The first-order valence-corrected chi connectivity index (χ1v) is 7.37. The summed E-state index contributed by atoms with van der Waals surface area (Å²) in [6.45, 7) is 0.867. The van der Waals surface area contributed by atoms with Crippen molar-refractivity contribution in [3.8, 4) is 11.4 Å². The third-order valence-corrected chi connectivity index (χ3v) is 4.22. The molecule has 0 unspecified atom stereocenters. The first kappa shape index (κ1) is 11.1. The first-order valence-electron chi connectivity index (χ1n) is 6.49. The molecule has 0 amide bonds. The van der Waals surface area contributed by atoms with E-state index in [0.717, 1.165) is 35.2 Å². The molecule has 19 heavy (non-hydrogen) atoms. The summed E-state index contributed by atoms with van der Waals surface area (Å²) in [5.74, 6) is 0.899. The Balaban J connectivity index is 1.59. The van der Waals surface area contributed by atoms with Gasteiger partial charge in [-0.3, -0.25) is 4.98 Å². The smallest absolute Gasteiger partial charge is 0.139 e. The number of aromatic nitrogens is 3. The molecular formula is C14H14N4S. The highest BCUT2D eigenvalue weighted by molar-refractivity contribution is 7.17. The molecule has 3 aromatic heterocycles. The molecule has 3 heterocycles. The van der Waals surface area contributed by atoms with Crippen molar-refractivity contribution in [1.29, 1.82) is 0 Å². The molecule has 0 spiro atoms. The van der Waals surface area contributed by atoms with Gasteiger partial charge in [-0.05, 0) is 30.4 Å². The topological polar surface area (TPSA) is 53.6 Å². The van der Waals surface area contributed by atoms with Crippen LogP contribution in [0, 0.1) is 0 Å². The highest BCUT2D eigenvalue weighted by Gasteiger charge is 2.20. The van der Waals surface area contributed by atoms with Crippen LogP contribution in [-0.2, 0) is 6.54 Å². The summed E-state index contributed by atoms with van der Waals surface area (Å²) in [6, 6.07) is 4.90. The third-order valence-electron chi connectivity index (χ3n) is 3.36. The molecular weight excluding hydrogens is 256 g/mol. The first-order chi connectivity index (χ1) is 9.38. The molecule has 4 rings (SSSR count). The SMILES string of the molecule is c1cc2ncc(-c3ncc(CNC4CC4)[nH]3)cc2s1. The molecule has 4 nitrogen and oxygen atoms in total. The minimum Gasteiger partial charge on any atom is -0.341 e. The molecule has 0 aliphatic heterocycles. The van der Waals surface area contributed by atoms with Gasteiger partial charge >= 0.3 is 0 Å². The van der Waals surface area contributed by atoms with Crippen molar-refractivity contribution >= 4 is 21.6 Å². The maximum absolute atomic E-state index is 4.45. The Kier molecular flexibility index (Phi) is 2.60. The summed E-state index contributed by atoms with van der Waals surface area (Å²) in [4.78, 5) is 12.3. The zero-order valence-corrected chi connectivity index (χ0v) is 11.2. The van der Waals surface area contributed by atoms with Crippen LogP contribution in [0.4, 0.5) is 0 Å². The van der Waals surface area contributed by atoms with Gasteiger partial charge in [-0.2, -0.15) is 0 Å². The van der Waals surface area contributed by atoms with Crippen LogP contribution in [0.15, 0.2) is 29.9 Å². The maximum atomic E-state index is 4.45. The zero-order chi connectivity index (χ0) is 12.7. The molecule has 96 valence electrons. The fraction of sp³-hybridized carbons (Fsp3) is 0.286. The van der Waals surface area contributed by atoms with E-state index in [4.69, 9.17) is 0 Å². The molecule has 2 N–H and O–H groups in total. The molecule has 0 aromatic carbocycles. The number of nitrogens with zero attached hydrogens (tertiary/aromatic N) is 2. The highest BCUT2D eigenvalue weighted by Crippen LogP contribution is 2.24. The van der Waals surface area contributed by atoms with Gasteiger partial charge in [0.2, 0.25) is 0 Å². The largest absolute Gasteiger partial charge is 0.341 e. The summed E-state index contributed by atoms with van der Waals surface area (Å²) < 4.78 is 1.20. The number of H-pyrrole nitrogens is 1. The van der Waals surface area contributed by atoms with Gasteiger partial charge in [0.15, 0.2) is 0 Å². The summed E-state index contributed by atoms with van der Waals surface area (Å²) in [5.41, 5.74) is 3.23. The zero-order valence-electron chi connectivity index (χ0n) is 10.4. The predicted molar refractivity (Wildman–Crippen MR) is 77.1 cm³/mol. The van der Waals surface area contributed by atoms with Crippen LogP contribution in [0.1, 0.15) is 18.5 Å². The number of nitrogens with one attached hydrogen (secondary N) is 2. The molecule has 5 heteroatoms. The Hall–Kier alpha value is -1.72.